The van der Waals surface area contributed by atoms with Crippen LogP contribution in [0.5, 0.6) is 0 Å². The second kappa shape index (κ2) is 9.66. The van der Waals surface area contributed by atoms with Gasteiger partial charge in [-0.05, 0) is 45.2 Å². The third-order valence-corrected chi connectivity index (χ3v) is 3.54. The molecule has 0 aromatic heterocycles. The molecule has 0 amide bonds. The quantitative estimate of drug-likeness (QED) is 0.676. The van der Waals surface area contributed by atoms with E-state index < -0.39 is 0 Å². The molecule has 1 N–H and O–H groups in total. The lowest BCUT2D eigenvalue weighted by Crippen LogP contribution is -2.33. The largest absolute Gasteiger partial charge is 0.377 e. The van der Waals surface area contributed by atoms with Gasteiger partial charge in [-0.2, -0.15) is 0 Å². The Kier molecular flexibility index (Phi) is 7.73. The Hall–Kier alpha value is -0.200. The molecule has 0 spiro atoms. The van der Waals surface area contributed by atoms with Crippen molar-refractivity contribution in [3.63, 3.8) is 0 Å². The standard InChI is InChI=1S/C14H27NO4/c1-2-8-18-14(3-1)19-12-10-16-9-11-17-13-4-6-15-7-5-13/h13-15H,1-12H2. The Morgan fingerprint density at radius 3 is 2.42 bits per heavy atom. The molecule has 0 radical (unpaired) electrons. The van der Waals surface area contributed by atoms with E-state index in [4.69, 9.17) is 18.9 Å². The van der Waals surface area contributed by atoms with Crippen LogP contribution < -0.4 is 5.32 Å². The monoisotopic (exact) mass is 273 g/mol. The molecule has 0 aromatic rings. The van der Waals surface area contributed by atoms with Gasteiger partial charge in [0, 0.05) is 6.61 Å². The van der Waals surface area contributed by atoms with Crippen molar-refractivity contribution < 1.29 is 18.9 Å². The van der Waals surface area contributed by atoms with Gasteiger partial charge in [0.1, 0.15) is 0 Å². The molecule has 2 saturated heterocycles. The average molecular weight is 273 g/mol. The average Bonchev–Trinajstić information content (AvgIpc) is 2.48. The van der Waals surface area contributed by atoms with Crippen LogP contribution in [0.4, 0.5) is 0 Å². The van der Waals surface area contributed by atoms with Crippen molar-refractivity contribution in [2.24, 2.45) is 0 Å². The van der Waals surface area contributed by atoms with Crippen molar-refractivity contribution in [3.8, 4) is 0 Å². The highest BCUT2D eigenvalue weighted by Crippen LogP contribution is 2.13. The first-order valence-corrected chi connectivity index (χ1v) is 7.58. The van der Waals surface area contributed by atoms with Gasteiger partial charge in [0.05, 0.1) is 32.5 Å². The van der Waals surface area contributed by atoms with Gasteiger partial charge in [-0.1, -0.05) is 0 Å². The van der Waals surface area contributed by atoms with Crippen molar-refractivity contribution in [1.29, 1.82) is 0 Å². The number of rotatable bonds is 8. The van der Waals surface area contributed by atoms with E-state index >= 15 is 0 Å². The summed E-state index contributed by atoms with van der Waals surface area (Å²) in [6.07, 6.45) is 6.00. The Morgan fingerprint density at radius 2 is 1.68 bits per heavy atom. The van der Waals surface area contributed by atoms with Crippen molar-refractivity contribution in [2.45, 2.75) is 44.5 Å². The molecular formula is C14H27NO4. The van der Waals surface area contributed by atoms with E-state index in [1.165, 1.54) is 6.42 Å². The first-order valence-electron chi connectivity index (χ1n) is 7.58. The summed E-state index contributed by atoms with van der Waals surface area (Å²) in [5.74, 6) is 0. The lowest BCUT2D eigenvalue weighted by molar-refractivity contribution is -0.169. The molecule has 0 aliphatic carbocycles. The lowest BCUT2D eigenvalue weighted by Gasteiger charge is -2.23. The summed E-state index contributed by atoms with van der Waals surface area (Å²) in [7, 11) is 0. The minimum atomic E-state index is -0.0108. The molecule has 5 heteroatoms. The molecule has 19 heavy (non-hydrogen) atoms. The van der Waals surface area contributed by atoms with E-state index in [-0.39, 0.29) is 6.29 Å². The highest BCUT2D eigenvalue weighted by atomic mass is 16.7. The lowest BCUT2D eigenvalue weighted by atomic mass is 10.1. The molecule has 0 saturated carbocycles. The minimum Gasteiger partial charge on any atom is -0.377 e. The van der Waals surface area contributed by atoms with Crippen LogP contribution in [-0.2, 0) is 18.9 Å². The van der Waals surface area contributed by atoms with Gasteiger partial charge in [0.15, 0.2) is 6.29 Å². The second-order valence-corrected chi connectivity index (χ2v) is 5.10. The summed E-state index contributed by atoms with van der Waals surface area (Å²) in [4.78, 5) is 0. The summed E-state index contributed by atoms with van der Waals surface area (Å²) < 4.78 is 22.3. The van der Waals surface area contributed by atoms with Gasteiger partial charge in [-0.25, -0.2) is 0 Å². The Morgan fingerprint density at radius 1 is 0.895 bits per heavy atom. The molecule has 1 atom stereocenters. The van der Waals surface area contributed by atoms with Crippen LogP contribution in [0.25, 0.3) is 0 Å². The van der Waals surface area contributed by atoms with E-state index in [0.717, 1.165) is 45.4 Å². The first kappa shape index (κ1) is 15.2. The van der Waals surface area contributed by atoms with Crippen molar-refractivity contribution in [1.82, 2.24) is 5.32 Å². The molecule has 2 fully saturated rings. The predicted octanol–water partition coefficient (Wildman–Crippen LogP) is 1.31. The molecule has 2 aliphatic heterocycles. The zero-order valence-electron chi connectivity index (χ0n) is 11.8. The SMILES string of the molecule is C1CCC(OCCOCCOC2CCNCC2)OC1. The predicted molar refractivity (Wildman–Crippen MR) is 72.2 cm³/mol. The molecule has 112 valence electrons. The summed E-state index contributed by atoms with van der Waals surface area (Å²) in [5, 5.41) is 3.32. The fraction of sp³-hybridized carbons (Fsp3) is 1.00. The van der Waals surface area contributed by atoms with Crippen LogP contribution in [-0.4, -0.2) is 58.5 Å². The minimum absolute atomic E-state index is 0.0108. The van der Waals surface area contributed by atoms with Gasteiger partial charge >= 0.3 is 0 Å². The van der Waals surface area contributed by atoms with Crippen LogP contribution in [0.15, 0.2) is 0 Å². The summed E-state index contributed by atoms with van der Waals surface area (Å²) in [5.41, 5.74) is 0. The molecule has 0 bridgehead atoms. The molecule has 2 aliphatic rings. The van der Waals surface area contributed by atoms with Crippen LogP contribution in [0.1, 0.15) is 32.1 Å². The molecule has 2 rings (SSSR count). The first-order chi connectivity index (χ1) is 9.45. The van der Waals surface area contributed by atoms with E-state index in [1.54, 1.807) is 0 Å². The van der Waals surface area contributed by atoms with E-state index in [0.29, 0.717) is 32.5 Å². The summed E-state index contributed by atoms with van der Waals surface area (Å²) in [6, 6.07) is 0. The highest BCUT2D eigenvalue weighted by Gasteiger charge is 2.14. The van der Waals surface area contributed by atoms with E-state index in [2.05, 4.69) is 5.32 Å². The molecular weight excluding hydrogens is 246 g/mol. The number of nitrogens with one attached hydrogen (secondary N) is 1. The van der Waals surface area contributed by atoms with Crippen LogP contribution in [0.2, 0.25) is 0 Å². The number of hydrogen-bond donors (Lipinski definition) is 1. The van der Waals surface area contributed by atoms with E-state index in [9.17, 15) is 0 Å². The van der Waals surface area contributed by atoms with Gasteiger partial charge in [0.2, 0.25) is 0 Å². The van der Waals surface area contributed by atoms with Gasteiger partial charge in [-0.15, -0.1) is 0 Å². The second-order valence-electron chi connectivity index (χ2n) is 5.10. The van der Waals surface area contributed by atoms with Crippen LogP contribution in [0, 0.1) is 0 Å². The highest BCUT2D eigenvalue weighted by molar-refractivity contribution is 4.67. The van der Waals surface area contributed by atoms with Gasteiger partial charge in [0.25, 0.3) is 0 Å². The molecule has 1 unspecified atom stereocenters. The summed E-state index contributed by atoms with van der Waals surface area (Å²) >= 11 is 0. The van der Waals surface area contributed by atoms with Gasteiger partial charge in [-0.3, -0.25) is 0 Å². The number of hydrogen-bond acceptors (Lipinski definition) is 5. The third kappa shape index (κ3) is 6.68. The van der Waals surface area contributed by atoms with Crippen molar-refractivity contribution in [3.05, 3.63) is 0 Å². The number of ether oxygens (including phenoxy) is 4. The summed E-state index contributed by atoms with van der Waals surface area (Å²) in [6.45, 7) is 5.54. The van der Waals surface area contributed by atoms with Gasteiger partial charge < -0.3 is 24.3 Å². The topological polar surface area (TPSA) is 49.0 Å². The zero-order valence-corrected chi connectivity index (χ0v) is 11.8. The third-order valence-electron chi connectivity index (χ3n) is 3.54. The van der Waals surface area contributed by atoms with E-state index in [1.807, 2.05) is 0 Å². The Bertz CT molecular complexity index is 193. The zero-order chi connectivity index (χ0) is 13.2. The molecule has 2 heterocycles. The Balaban J connectivity index is 1.35. The molecule has 0 aromatic carbocycles. The van der Waals surface area contributed by atoms with Crippen LogP contribution in [0.3, 0.4) is 0 Å². The van der Waals surface area contributed by atoms with Crippen LogP contribution >= 0.6 is 0 Å². The van der Waals surface area contributed by atoms with Crippen molar-refractivity contribution in [2.75, 3.05) is 46.1 Å². The maximum Gasteiger partial charge on any atom is 0.157 e. The smallest absolute Gasteiger partial charge is 0.157 e. The fourth-order valence-electron chi connectivity index (χ4n) is 2.42. The number of piperidine rings is 1. The molecule has 5 nitrogen and oxygen atoms in total. The fourth-order valence-corrected chi connectivity index (χ4v) is 2.42. The normalized spacial score (nSPS) is 25.6. The maximum absolute atomic E-state index is 5.75. The maximum atomic E-state index is 5.75. The Labute approximate surface area is 115 Å². The van der Waals surface area contributed by atoms with Crippen molar-refractivity contribution >= 4 is 0 Å².